The van der Waals surface area contributed by atoms with Crippen LogP contribution in [-0.4, -0.2) is 55.5 Å². The molecule has 148 valence electrons. The van der Waals surface area contributed by atoms with Crippen molar-refractivity contribution in [1.82, 2.24) is 10.2 Å². The average Bonchev–Trinajstić information content (AvgIpc) is 2.69. The maximum absolute atomic E-state index is 13.0. The Bertz CT molecular complexity index is 634. The SMILES string of the molecule is NC(=NCCC(=O)NC1CCCCC1)N1CCN(c2ccc(F)cc2)CC1. The normalized spacial score (nSPS) is 19.2. The molecule has 7 heteroatoms. The number of carbonyl (C=O) groups is 1. The van der Waals surface area contributed by atoms with E-state index in [1.807, 2.05) is 4.90 Å². The predicted molar refractivity (Wildman–Crippen MR) is 106 cm³/mol. The molecule has 27 heavy (non-hydrogen) atoms. The second kappa shape index (κ2) is 9.58. The molecule has 3 rings (SSSR count). The fraction of sp³-hybridized carbons (Fsp3) is 0.600. The molecule has 0 unspecified atom stereocenters. The van der Waals surface area contributed by atoms with E-state index in [0.29, 0.717) is 25.0 Å². The zero-order chi connectivity index (χ0) is 19.1. The molecule has 1 heterocycles. The molecule has 1 aromatic rings. The van der Waals surface area contributed by atoms with E-state index < -0.39 is 0 Å². The van der Waals surface area contributed by atoms with Gasteiger partial charge in [0.05, 0.1) is 6.54 Å². The summed E-state index contributed by atoms with van der Waals surface area (Å²) in [4.78, 5) is 20.7. The van der Waals surface area contributed by atoms with Gasteiger partial charge in [-0.05, 0) is 37.1 Å². The van der Waals surface area contributed by atoms with Gasteiger partial charge in [-0.15, -0.1) is 0 Å². The second-order valence-electron chi connectivity index (χ2n) is 7.34. The van der Waals surface area contributed by atoms with Gasteiger partial charge in [0.25, 0.3) is 0 Å². The Labute approximate surface area is 160 Å². The number of piperazine rings is 1. The lowest BCUT2D eigenvalue weighted by Crippen LogP contribution is -2.51. The molecule has 2 aliphatic rings. The smallest absolute Gasteiger partial charge is 0.222 e. The summed E-state index contributed by atoms with van der Waals surface area (Å²) in [6, 6.07) is 6.90. The van der Waals surface area contributed by atoms with E-state index >= 15 is 0 Å². The molecule has 1 amide bonds. The van der Waals surface area contributed by atoms with E-state index in [1.54, 1.807) is 12.1 Å². The van der Waals surface area contributed by atoms with Crippen LogP contribution < -0.4 is 16.0 Å². The van der Waals surface area contributed by atoms with Gasteiger partial charge in [0.2, 0.25) is 5.91 Å². The quantitative estimate of drug-likeness (QED) is 0.611. The van der Waals surface area contributed by atoms with E-state index in [2.05, 4.69) is 15.2 Å². The lowest BCUT2D eigenvalue weighted by molar-refractivity contribution is -0.121. The number of nitrogens with two attached hydrogens (primary N) is 1. The highest BCUT2D eigenvalue weighted by Gasteiger charge is 2.19. The van der Waals surface area contributed by atoms with Crippen molar-refractivity contribution in [2.45, 2.75) is 44.6 Å². The zero-order valence-corrected chi connectivity index (χ0v) is 15.9. The number of amides is 1. The fourth-order valence-corrected chi connectivity index (χ4v) is 3.76. The van der Waals surface area contributed by atoms with E-state index in [9.17, 15) is 9.18 Å². The number of halogens is 1. The summed E-state index contributed by atoms with van der Waals surface area (Å²) in [6.45, 7) is 3.57. The molecule has 1 aliphatic heterocycles. The van der Waals surface area contributed by atoms with Crippen molar-refractivity contribution in [2.24, 2.45) is 10.7 Å². The molecule has 0 spiro atoms. The van der Waals surface area contributed by atoms with Gasteiger partial charge >= 0.3 is 0 Å². The van der Waals surface area contributed by atoms with Crippen LogP contribution in [0.15, 0.2) is 29.3 Å². The highest BCUT2D eigenvalue weighted by atomic mass is 19.1. The average molecular weight is 375 g/mol. The number of guanidine groups is 1. The molecule has 1 saturated carbocycles. The monoisotopic (exact) mass is 375 g/mol. The van der Waals surface area contributed by atoms with E-state index in [4.69, 9.17) is 5.73 Å². The number of rotatable bonds is 5. The number of carbonyl (C=O) groups excluding carboxylic acids is 1. The van der Waals surface area contributed by atoms with Gasteiger partial charge in [0.15, 0.2) is 5.96 Å². The first-order chi connectivity index (χ1) is 13.1. The minimum absolute atomic E-state index is 0.0691. The van der Waals surface area contributed by atoms with Crippen molar-refractivity contribution in [3.8, 4) is 0 Å². The third-order valence-corrected chi connectivity index (χ3v) is 5.38. The van der Waals surface area contributed by atoms with Crippen LogP contribution in [0.4, 0.5) is 10.1 Å². The summed E-state index contributed by atoms with van der Waals surface area (Å²) < 4.78 is 13.0. The molecule has 0 atom stereocenters. The lowest BCUT2D eigenvalue weighted by atomic mass is 9.95. The molecule has 0 aromatic heterocycles. The van der Waals surface area contributed by atoms with Crippen LogP contribution in [0.5, 0.6) is 0 Å². The molecule has 0 bridgehead atoms. The zero-order valence-electron chi connectivity index (χ0n) is 15.9. The standard InChI is InChI=1S/C20H30FN5O/c21-16-6-8-18(9-7-16)25-12-14-26(15-13-25)20(22)23-11-10-19(27)24-17-4-2-1-3-5-17/h6-9,17H,1-5,10-15H2,(H2,22,23)(H,24,27). The Morgan fingerprint density at radius 2 is 1.78 bits per heavy atom. The van der Waals surface area contributed by atoms with Crippen molar-refractivity contribution in [3.63, 3.8) is 0 Å². The predicted octanol–water partition coefficient (Wildman–Crippen LogP) is 2.10. The number of anilines is 1. The number of nitrogens with one attached hydrogen (secondary N) is 1. The van der Waals surface area contributed by atoms with Crippen LogP contribution in [0, 0.1) is 5.82 Å². The first-order valence-corrected chi connectivity index (χ1v) is 9.96. The van der Waals surface area contributed by atoms with Crippen LogP contribution in [0.3, 0.4) is 0 Å². The molecule has 1 saturated heterocycles. The number of aliphatic imine (C=N–C) groups is 1. The third-order valence-electron chi connectivity index (χ3n) is 5.38. The minimum Gasteiger partial charge on any atom is -0.370 e. The number of benzene rings is 1. The summed E-state index contributed by atoms with van der Waals surface area (Å²) in [5, 5.41) is 3.10. The van der Waals surface area contributed by atoms with Gasteiger partial charge in [0, 0.05) is 44.3 Å². The molecular weight excluding hydrogens is 345 g/mol. The Kier molecular flexibility index (Phi) is 6.90. The highest BCUT2D eigenvalue weighted by Crippen LogP contribution is 2.18. The molecule has 2 fully saturated rings. The Morgan fingerprint density at radius 1 is 1.11 bits per heavy atom. The summed E-state index contributed by atoms with van der Waals surface area (Å²) in [5.74, 6) is 0.347. The Hall–Kier alpha value is -2.31. The summed E-state index contributed by atoms with van der Waals surface area (Å²) in [6.07, 6.45) is 6.26. The minimum atomic E-state index is -0.221. The lowest BCUT2D eigenvalue weighted by Gasteiger charge is -2.36. The van der Waals surface area contributed by atoms with Gasteiger partial charge in [-0.3, -0.25) is 9.79 Å². The van der Waals surface area contributed by atoms with Crippen LogP contribution >= 0.6 is 0 Å². The molecular formula is C20H30FN5O. The van der Waals surface area contributed by atoms with Gasteiger partial charge in [0.1, 0.15) is 5.82 Å². The van der Waals surface area contributed by atoms with Crippen LogP contribution in [0.2, 0.25) is 0 Å². The fourth-order valence-electron chi connectivity index (χ4n) is 3.76. The number of nitrogens with zero attached hydrogens (tertiary/aromatic N) is 3. The van der Waals surface area contributed by atoms with E-state index in [-0.39, 0.29) is 11.7 Å². The first-order valence-electron chi connectivity index (χ1n) is 9.96. The van der Waals surface area contributed by atoms with Gasteiger partial charge in [-0.1, -0.05) is 19.3 Å². The number of hydrogen-bond donors (Lipinski definition) is 2. The van der Waals surface area contributed by atoms with Crippen LogP contribution in [0.25, 0.3) is 0 Å². The Balaban J connectivity index is 1.38. The molecule has 6 nitrogen and oxygen atoms in total. The molecule has 1 aromatic carbocycles. The van der Waals surface area contributed by atoms with Gasteiger partial charge in [-0.25, -0.2) is 4.39 Å². The van der Waals surface area contributed by atoms with Crippen molar-refractivity contribution < 1.29 is 9.18 Å². The van der Waals surface area contributed by atoms with Crippen LogP contribution in [-0.2, 0) is 4.79 Å². The maximum Gasteiger partial charge on any atom is 0.222 e. The summed E-state index contributed by atoms with van der Waals surface area (Å²) in [5.41, 5.74) is 7.12. The van der Waals surface area contributed by atoms with E-state index in [0.717, 1.165) is 44.7 Å². The van der Waals surface area contributed by atoms with Gasteiger partial charge in [-0.2, -0.15) is 0 Å². The van der Waals surface area contributed by atoms with E-state index in [1.165, 1.54) is 31.4 Å². The third kappa shape index (κ3) is 5.84. The maximum atomic E-state index is 13.0. The first kappa shape index (κ1) is 19.5. The molecule has 3 N–H and O–H groups in total. The van der Waals surface area contributed by atoms with Crippen molar-refractivity contribution >= 4 is 17.6 Å². The topological polar surface area (TPSA) is 74.0 Å². The number of hydrogen-bond acceptors (Lipinski definition) is 3. The molecule has 0 radical (unpaired) electrons. The van der Waals surface area contributed by atoms with Gasteiger partial charge < -0.3 is 20.9 Å². The highest BCUT2D eigenvalue weighted by molar-refractivity contribution is 5.80. The molecule has 1 aliphatic carbocycles. The van der Waals surface area contributed by atoms with Crippen molar-refractivity contribution in [3.05, 3.63) is 30.1 Å². The Morgan fingerprint density at radius 3 is 2.44 bits per heavy atom. The van der Waals surface area contributed by atoms with Crippen molar-refractivity contribution in [2.75, 3.05) is 37.6 Å². The second-order valence-corrected chi connectivity index (χ2v) is 7.34. The van der Waals surface area contributed by atoms with Crippen LogP contribution in [0.1, 0.15) is 38.5 Å². The summed E-state index contributed by atoms with van der Waals surface area (Å²) in [7, 11) is 0. The summed E-state index contributed by atoms with van der Waals surface area (Å²) >= 11 is 0. The largest absolute Gasteiger partial charge is 0.370 e. The van der Waals surface area contributed by atoms with Crippen molar-refractivity contribution in [1.29, 1.82) is 0 Å².